The number of sulfonamides is 1. The molecule has 0 heterocycles. The molecule has 0 aliphatic rings. The molecule has 1 amide bonds. The van der Waals surface area contributed by atoms with Crippen molar-refractivity contribution in [3.05, 3.63) is 59.2 Å². The van der Waals surface area contributed by atoms with Gasteiger partial charge in [0.2, 0.25) is 15.9 Å². The zero-order valence-corrected chi connectivity index (χ0v) is 17.0. The molecule has 2 rings (SSSR count). The number of carbonyl (C=O) groups excluding carboxylic acids is 1. The summed E-state index contributed by atoms with van der Waals surface area (Å²) < 4.78 is 30.7. The monoisotopic (exact) mass is 390 g/mol. The van der Waals surface area contributed by atoms with Crippen molar-refractivity contribution in [3.8, 4) is 5.75 Å². The van der Waals surface area contributed by atoms with E-state index in [9.17, 15) is 13.2 Å². The second-order valence-corrected chi connectivity index (χ2v) is 8.39. The van der Waals surface area contributed by atoms with E-state index in [-0.39, 0.29) is 25.4 Å². The van der Waals surface area contributed by atoms with Gasteiger partial charge in [-0.3, -0.25) is 9.10 Å². The van der Waals surface area contributed by atoms with Gasteiger partial charge in [-0.2, -0.15) is 0 Å². The summed E-state index contributed by atoms with van der Waals surface area (Å²) in [7, 11) is -1.86. The molecule has 27 heavy (non-hydrogen) atoms. The predicted molar refractivity (Wildman–Crippen MR) is 108 cm³/mol. The highest BCUT2D eigenvalue weighted by Crippen LogP contribution is 2.20. The molecule has 0 saturated heterocycles. The summed E-state index contributed by atoms with van der Waals surface area (Å²) in [6.45, 7) is 4.32. The number of amides is 1. The van der Waals surface area contributed by atoms with Crippen LogP contribution >= 0.6 is 0 Å². The molecule has 2 aromatic rings. The lowest BCUT2D eigenvalue weighted by Gasteiger charge is -2.23. The van der Waals surface area contributed by atoms with Crippen molar-refractivity contribution in [1.82, 2.24) is 5.32 Å². The standard InChI is InChI=1S/C20H26N2O4S/c1-15-5-8-18(13-16(15)2)22(27(4,24)25)12-11-21-20(23)14-17-6-9-19(26-3)10-7-17/h5-10,13H,11-12,14H2,1-4H3,(H,21,23). The Balaban J connectivity index is 1.96. The minimum atomic E-state index is -3.44. The van der Waals surface area contributed by atoms with Gasteiger partial charge in [0.25, 0.3) is 0 Å². The molecule has 0 unspecified atom stereocenters. The summed E-state index contributed by atoms with van der Waals surface area (Å²) >= 11 is 0. The van der Waals surface area contributed by atoms with Gasteiger partial charge in [0.1, 0.15) is 5.75 Å². The van der Waals surface area contributed by atoms with Crippen LogP contribution in [0.3, 0.4) is 0 Å². The van der Waals surface area contributed by atoms with E-state index in [0.29, 0.717) is 5.69 Å². The summed E-state index contributed by atoms with van der Waals surface area (Å²) in [4.78, 5) is 12.1. The number of hydrogen-bond donors (Lipinski definition) is 1. The first-order chi connectivity index (χ1) is 12.7. The maximum Gasteiger partial charge on any atom is 0.232 e. The van der Waals surface area contributed by atoms with Crippen molar-refractivity contribution in [2.45, 2.75) is 20.3 Å². The first-order valence-corrected chi connectivity index (χ1v) is 10.5. The van der Waals surface area contributed by atoms with Crippen LogP contribution in [0.15, 0.2) is 42.5 Å². The molecule has 7 heteroatoms. The number of aryl methyl sites for hydroxylation is 2. The molecule has 0 bridgehead atoms. The number of ether oxygens (including phenoxy) is 1. The van der Waals surface area contributed by atoms with Crippen molar-refractivity contribution < 1.29 is 17.9 Å². The van der Waals surface area contributed by atoms with Crippen LogP contribution in [-0.4, -0.2) is 40.8 Å². The molecule has 0 aliphatic carbocycles. The molecule has 0 aliphatic heterocycles. The Morgan fingerprint density at radius 3 is 2.30 bits per heavy atom. The third-order valence-corrected chi connectivity index (χ3v) is 5.53. The molecule has 0 radical (unpaired) electrons. The molecule has 0 spiro atoms. The number of methoxy groups -OCH3 is 1. The van der Waals surface area contributed by atoms with E-state index in [1.54, 1.807) is 25.3 Å². The van der Waals surface area contributed by atoms with Gasteiger partial charge in [0.05, 0.1) is 32.0 Å². The molecule has 6 nitrogen and oxygen atoms in total. The first kappa shape index (κ1) is 20.8. The summed E-state index contributed by atoms with van der Waals surface area (Å²) in [5.41, 5.74) is 3.58. The number of benzene rings is 2. The maximum atomic E-state index is 12.2. The van der Waals surface area contributed by atoms with Crippen LogP contribution in [-0.2, 0) is 21.2 Å². The minimum absolute atomic E-state index is 0.159. The van der Waals surface area contributed by atoms with E-state index in [4.69, 9.17) is 4.74 Å². The number of hydrogen-bond acceptors (Lipinski definition) is 4. The lowest BCUT2D eigenvalue weighted by Crippen LogP contribution is -2.38. The molecule has 0 aromatic heterocycles. The quantitative estimate of drug-likeness (QED) is 0.751. The zero-order chi connectivity index (χ0) is 20.0. The van der Waals surface area contributed by atoms with E-state index in [2.05, 4.69) is 5.32 Å². The smallest absolute Gasteiger partial charge is 0.232 e. The molecule has 1 N–H and O–H groups in total. The fourth-order valence-electron chi connectivity index (χ4n) is 2.66. The molecular formula is C20H26N2O4S. The Morgan fingerprint density at radius 2 is 1.74 bits per heavy atom. The van der Waals surface area contributed by atoms with Crippen molar-refractivity contribution in [3.63, 3.8) is 0 Å². The topological polar surface area (TPSA) is 75.7 Å². The van der Waals surface area contributed by atoms with Crippen LogP contribution in [0, 0.1) is 13.8 Å². The van der Waals surface area contributed by atoms with E-state index in [0.717, 1.165) is 22.4 Å². The Hall–Kier alpha value is -2.54. The van der Waals surface area contributed by atoms with Crippen LogP contribution < -0.4 is 14.4 Å². The summed E-state index contributed by atoms with van der Waals surface area (Å²) in [5, 5.41) is 2.78. The summed E-state index contributed by atoms with van der Waals surface area (Å²) in [6.07, 6.45) is 1.40. The SMILES string of the molecule is COc1ccc(CC(=O)NCCN(c2ccc(C)c(C)c2)S(C)(=O)=O)cc1. The van der Waals surface area contributed by atoms with Crippen LogP contribution in [0.25, 0.3) is 0 Å². The minimum Gasteiger partial charge on any atom is -0.497 e. The molecular weight excluding hydrogens is 364 g/mol. The Bertz CT molecular complexity index is 893. The Kier molecular flexibility index (Phi) is 6.85. The zero-order valence-electron chi connectivity index (χ0n) is 16.2. The van der Waals surface area contributed by atoms with E-state index in [1.807, 2.05) is 38.1 Å². The van der Waals surface area contributed by atoms with Crippen LogP contribution in [0.4, 0.5) is 5.69 Å². The molecule has 146 valence electrons. The summed E-state index contributed by atoms with van der Waals surface area (Å²) in [5.74, 6) is 0.574. The largest absolute Gasteiger partial charge is 0.497 e. The number of anilines is 1. The highest BCUT2D eigenvalue weighted by atomic mass is 32.2. The lowest BCUT2D eigenvalue weighted by molar-refractivity contribution is -0.120. The highest BCUT2D eigenvalue weighted by Gasteiger charge is 2.18. The van der Waals surface area contributed by atoms with Crippen LogP contribution in [0.5, 0.6) is 5.75 Å². The van der Waals surface area contributed by atoms with Crippen molar-refractivity contribution >= 4 is 21.6 Å². The molecule has 0 saturated carbocycles. The van der Waals surface area contributed by atoms with Gasteiger partial charge in [-0.05, 0) is 54.8 Å². The van der Waals surface area contributed by atoms with Gasteiger partial charge in [0, 0.05) is 6.54 Å². The third-order valence-electron chi connectivity index (χ3n) is 4.34. The molecule has 2 aromatic carbocycles. The second-order valence-electron chi connectivity index (χ2n) is 6.48. The van der Waals surface area contributed by atoms with Crippen molar-refractivity contribution in [2.75, 3.05) is 30.8 Å². The van der Waals surface area contributed by atoms with Crippen molar-refractivity contribution in [1.29, 1.82) is 0 Å². The molecule has 0 atom stereocenters. The van der Waals surface area contributed by atoms with E-state index < -0.39 is 10.0 Å². The van der Waals surface area contributed by atoms with Crippen LogP contribution in [0.1, 0.15) is 16.7 Å². The fourth-order valence-corrected chi connectivity index (χ4v) is 3.57. The lowest BCUT2D eigenvalue weighted by atomic mass is 10.1. The van der Waals surface area contributed by atoms with Crippen LogP contribution in [0.2, 0.25) is 0 Å². The summed E-state index contributed by atoms with van der Waals surface area (Å²) in [6, 6.07) is 12.8. The maximum absolute atomic E-state index is 12.2. The van der Waals surface area contributed by atoms with Crippen molar-refractivity contribution in [2.24, 2.45) is 0 Å². The van der Waals surface area contributed by atoms with Gasteiger partial charge in [-0.1, -0.05) is 18.2 Å². The average Bonchev–Trinajstić information content (AvgIpc) is 2.61. The number of carbonyl (C=O) groups is 1. The Morgan fingerprint density at radius 1 is 1.07 bits per heavy atom. The van der Waals surface area contributed by atoms with Gasteiger partial charge < -0.3 is 10.1 Å². The number of nitrogens with zero attached hydrogens (tertiary/aromatic N) is 1. The normalized spacial score (nSPS) is 11.1. The fraction of sp³-hybridized carbons (Fsp3) is 0.350. The Labute approximate surface area is 161 Å². The van der Waals surface area contributed by atoms with E-state index in [1.165, 1.54) is 10.6 Å². The predicted octanol–water partition coefficient (Wildman–Crippen LogP) is 2.44. The third kappa shape index (κ3) is 5.99. The number of rotatable bonds is 8. The molecule has 0 fully saturated rings. The second kappa shape index (κ2) is 8.90. The van der Waals surface area contributed by atoms with Gasteiger partial charge >= 0.3 is 0 Å². The van der Waals surface area contributed by atoms with Gasteiger partial charge in [0.15, 0.2) is 0 Å². The van der Waals surface area contributed by atoms with Gasteiger partial charge in [-0.15, -0.1) is 0 Å². The average molecular weight is 391 g/mol. The number of nitrogens with one attached hydrogen (secondary N) is 1. The van der Waals surface area contributed by atoms with E-state index >= 15 is 0 Å². The first-order valence-electron chi connectivity index (χ1n) is 8.65. The highest BCUT2D eigenvalue weighted by molar-refractivity contribution is 7.92. The van der Waals surface area contributed by atoms with Gasteiger partial charge in [-0.25, -0.2) is 8.42 Å².